The maximum atomic E-state index is 12.5. The van der Waals surface area contributed by atoms with E-state index in [2.05, 4.69) is 25.9 Å². The van der Waals surface area contributed by atoms with Gasteiger partial charge in [0.25, 0.3) is 0 Å². The molecule has 3 heterocycles. The fourth-order valence-corrected chi connectivity index (χ4v) is 4.42. The van der Waals surface area contributed by atoms with E-state index >= 15 is 0 Å². The quantitative estimate of drug-likeness (QED) is 0.336. The molecule has 2 saturated heterocycles. The molecule has 0 spiro atoms. The number of hydrogen-bond acceptors (Lipinski definition) is 5. The minimum Gasteiger partial charge on any atom is -0.356 e. The van der Waals surface area contributed by atoms with Gasteiger partial charge in [-0.1, -0.05) is 0 Å². The van der Waals surface area contributed by atoms with Crippen LogP contribution in [0.3, 0.4) is 0 Å². The molecule has 6 nitrogen and oxygen atoms in total. The summed E-state index contributed by atoms with van der Waals surface area (Å²) in [6.45, 7) is 2.85. The molecule has 11 heteroatoms. The summed E-state index contributed by atoms with van der Waals surface area (Å²) in [5.74, 6) is 0.629. The largest absolute Gasteiger partial charge is 0.401 e. The SMILES string of the molecule is CN=C(NCCc1csc(N2CCCC2)n1)NC1CCN(CC(F)(F)F)C1.I. The van der Waals surface area contributed by atoms with Gasteiger partial charge in [-0.15, -0.1) is 35.3 Å². The highest BCUT2D eigenvalue weighted by Gasteiger charge is 2.34. The van der Waals surface area contributed by atoms with E-state index < -0.39 is 12.7 Å². The van der Waals surface area contributed by atoms with Crippen LogP contribution in [0, 0.1) is 0 Å². The van der Waals surface area contributed by atoms with Crippen LogP contribution >= 0.6 is 35.3 Å². The lowest BCUT2D eigenvalue weighted by Gasteiger charge is -2.19. The van der Waals surface area contributed by atoms with E-state index in [1.807, 2.05) is 0 Å². The highest BCUT2D eigenvalue weighted by atomic mass is 127. The molecule has 0 bridgehead atoms. The first kappa shape index (κ1) is 23.5. The fourth-order valence-electron chi connectivity index (χ4n) is 3.51. The number of alkyl halides is 3. The van der Waals surface area contributed by atoms with Crippen LogP contribution in [0.2, 0.25) is 0 Å². The summed E-state index contributed by atoms with van der Waals surface area (Å²) < 4.78 is 37.5. The van der Waals surface area contributed by atoms with Gasteiger partial charge in [-0.05, 0) is 19.3 Å². The van der Waals surface area contributed by atoms with Crippen molar-refractivity contribution >= 4 is 46.4 Å². The van der Waals surface area contributed by atoms with Crippen molar-refractivity contribution in [1.29, 1.82) is 0 Å². The van der Waals surface area contributed by atoms with Gasteiger partial charge in [0.1, 0.15) is 0 Å². The summed E-state index contributed by atoms with van der Waals surface area (Å²) in [5, 5.41) is 9.65. The average molecular weight is 532 g/mol. The number of halogens is 4. The second-order valence-electron chi connectivity index (χ2n) is 7.04. The van der Waals surface area contributed by atoms with Crippen molar-refractivity contribution in [1.82, 2.24) is 20.5 Å². The normalized spacial score (nSPS) is 21.1. The first-order chi connectivity index (χ1) is 12.9. The number of nitrogens with one attached hydrogen (secondary N) is 2. The molecule has 1 aromatic rings. The standard InChI is InChI=1S/C17H27F3N6S.HI/c1-21-15(23-13-5-9-25(10-13)12-17(18,19)20)22-6-4-14-11-27-16(24-14)26-7-2-3-8-26;/h11,13H,2-10,12H2,1H3,(H2,21,22,23);1H. The lowest BCUT2D eigenvalue weighted by molar-refractivity contribution is -0.143. The van der Waals surface area contributed by atoms with Gasteiger partial charge in [0.15, 0.2) is 11.1 Å². The van der Waals surface area contributed by atoms with Crippen molar-refractivity contribution in [3.8, 4) is 0 Å². The van der Waals surface area contributed by atoms with Gasteiger partial charge in [-0.25, -0.2) is 4.98 Å². The fraction of sp³-hybridized carbons (Fsp3) is 0.765. The predicted octanol–water partition coefficient (Wildman–Crippen LogP) is 2.71. The van der Waals surface area contributed by atoms with Gasteiger partial charge in [-0.2, -0.15) is 13.2 Å². The molecule has 2 aliphatic heterocycles. The van der Waals surface area contributed by atoms with E-state index in [0.29, 0.717) is 32.0 Å². The zero-order valence-electron chi connectivity index (χ0n) is 16.0. The maximum Gasteiger partial charge on any atom is 0.401 e. The number of thiazole rings is 1. The van der Waals surface area contributed by atoms with E-state index in [-0.39, 0.29) is 30.0 Å². The van der Waals surface area contributed by atoms with Crippen LogP contribution in [0.25, 0.3) is 0 Å². The van der Waals surface area contributed by atoms with Crippen LogP contribution in [0.5, 0.6) is 0 Å². The Labute approximate surface area is 185 Å². The third-order valence-electron chi connectivity index (χ3n) is 4.83. The summed E-state index contributed by atoms with van der Waals surface area (Å²) in [6.07, 6.45) is -0.200. The van der Waals surface area contributed by atoms with Crippen molar-refractivity contribution in [3.05, 3.63) is 11.1 Å². The molecule has 2 N–H and O–H groups in total. The number of aliphatic imine (C=N–C) groups is 1. The Hall–Kier alpha value is -0.820. The number of anilines is 1. The van der Waals surface area contributed by atoms with Gasteiger partial charge < -0.3 is 15.5 Å². The van der Waals surface area contributed by atoms with Crippen molar-refractivity contribution < 1.29 is 13.2 Å². The predicted molar refractivity (Wildman–Crippen MR) is 118 cm³/mol. The number of rotatable bonds is 6. The average Bonchev–Trinajstić information content (AvgIpc) is 3.34. The Morgan fingerprint density at radius 2 is 2.07 bits per heavy atom. The first-order valence-corrected chi connectivity index (χ1v) is 10.3. The monoisotopic (exact) mass is 532 g/mol. The zero-order valence-corrected chi connectivity index (χ0v) is 19.1. The molecule has 0 aliphatic carbocycles. The Bertz CT molecular complexity index is 633. The summed E-state index contributed by atoms with van der Waals surface area (Å²) in [5.41, 5.74) is 1.06. The highest BCUT2D eigenvalue weighted by molar-refractivity contribution is 14.0. The molecule has 0 radical (unpaired) electrons. The summed E-state index contributed by atoms with van der Waals surface area (Å²) in [7, 11) is 1.67. The molecule has 1 aromatic heterocycles. The van der Waals surface area contributed by atoms with Crippen LogP contribution in [0.4, 0.5) is 18.3 Å². The molecular formula is C17H28F3IN6S. The van der Waals surface area contributed by atoms with Crippen LogP contribution in [0.15, 0.2) is 10.4 Å². The number of nitrogens with zero attached hydrogens (tertiary/aromatic N) is 4. The Morgan fingerprint density at radius 1 is 1.32 bits per heavy atom. The van der Waals surface area contributed by atoms with Crippen molar-refractivity contribution in [2.45, 2.75) is 37.9 Å². The number of guanidine groups is 1. The second-order valence-corrected chi connectivity index (χ2v) is 7.88. The molecule has 2 aliphatic rings. The molecule has 0 aromatic carbocycles. The molecule has 3 rings (SSSR count). The van der Waals surface area contributed by atoms with E-state index in [1.54, 1.807) is 18.4 Å². The smallest absolute Gasteiger partial charge is 0.356 e. The van der Waals surface area contributed by atoms with Gasteiger partial charge in [0.05, 0.1) is 12.2 Å². The highest BCUT2D eigenvalue weighted by Crippen LogP contribution is 2.24. The lowest BCUT2D eigenvalue weighted by atomic mass is 10.3. The van der Waals surface area contributed by atoms with Gasteiger partial charge in [0.2, 0.25) is 0 Å². The van der Waals surface area contributed by atoms with Crippen LogP contribution < -0.4 is 15.5 Å². The topological polar surface area (TPSA) is 55.8 Å². The third kappa shape index (κ3) is 7.21. The van der Waals surface area contributed by atoms with Gasteiger partial charge >= 0.3 is 6.18 Å². The Balaban J connectivity index is 0.00000280. The van der Waals surface area contributed by atoms with Crippen molar-refractivity contribution in [3.63, 3.8) is 0 Å². The molecule has 160 valence electrons. The minimum atomic E-state index is -4.14. The molecule has 1 atom stereocenters. The molecule has 2 fully saturated rings. The third-order valence-corrected chi connectivity index (χ3v) is 5.78. The van der Waals surface area contributed by atoms with Gasteiger partial charge in [0, 0.05) is 57.6 Å². The number of likely N-dealkylation sites (tertiary alicyclic amines) is 1. The Kier molecular flexibility index (Phi) is 9.06. The summed E-state index contributed by atoms with van der Waals surface area (Å²) in [4.78, 5) is 12.6. The van der Waals surface area contributed by atoms with E-state index in [9.17, 15) is 13.2 Å². The number of hydrogen-bond donors (Lipinski definition) is 2. The van der Waals surface area contributed by atoms with Crippen molar-refractivity contribution in [2.75, 3.05) is 51.2 Å². The van der Waals surface area contributed by atoms with E-state index in [0.717, 1.165) is 30.3 Å². The van der Waals surface area contributed by atoms with Crippen molar-refractivity contribution in [2.24, 2.45) is 4.99 Å². The number of aromatic nitrogens is 1. The van der Waals surface area contributed by atoms with Crippen LogP contribution in [-0.2, 0) is 6.42 Å². The van der Waals surface area contributed by atoms with Gasteiger partial charge in [-0.3, -0.25) is 9.89 Å². The minimum absolute atomic E-state index is 0. The zero-order chi connectivity index (χ0) is 19.3. The Morgan fingerprint density at radius 3 is 2.75 bits per heavy atom. The molecule has 1 unspecified atom stereocenters. The van der Waals surface area contributed by atoms with E-state index in [4.69, 9.17) is 4.98 Å². The first-order valence-electron chi connectivity index (χ1n) is 9.38. The summed E-state index contributed by atoms with van der Waals surface area (Å²) >= 11 is 1.69. The summed E-state index contributed by atoms with van der Waals surface area (Å²) in [6, 6.07) is -0.0143. The molecule has 28 heavy (non-hydrogen) atoms. The molecule has 0 amide bonds. The lowest BCUT2D eigenvalue weighted by Crippen LogP contribution is -2.45. The molecule has 0 saturated carbocycles. The van der Waals surface area contributed by atoms with Crippen LogP contribution in [-0.4, -0.2) is 74.4 Å². The van der Waals surface area contributed by atoms with Crippen LogP contribution in [0.1, 0.15) is 25.0 Å². The maximum absolute atomic E-state index is 12.5. The van der Waals surface area contributed by atoms with E-state index in [1.165, 1.54) is 17.7 Å². The molecular weight excluding hydrogens is 504 g/mol. The second kappa shape index (κ2) is 10.8.